The molecule has 21 heavy (non-hydrogen) atoms. The lowest BCUT2D eigenvalue weighted by Crippen LogP contribution is -2.22. The van der Waals surface area contributed by atoms with Crippen LogP contribution in [0.25, 0.3) is 0 Å². The van der Waals surface area contributed by atoms with E-state index in [4.69, 9.17) is 20.5 Å². The van der Waals surface area contributed by atoms with Crippen LogP contribution in [0.1, 0.15) is 16.7 Å². The van der Waals surface area contributed by atoms with E-state index in [9.17, 15) is 0 Å². The fourth-order valence-electron chi connectivity index (χ4n) is 2.49. The molecule has 2 N–H and O–H groups in total. The predicted molar refractivity (Wildman–Crippen MR) is 80.4 cm³/mol. The van der Waals surface area contributed by atoms with Crippen LogP contribution in [0, 0.1) is 18.3 Å². The van der Waals surface area contributed by atoms with E-state index in [0.29, 0.717) is 23.6 Å². The number of anilines is 1. The first kappa shape index (κ1) is 13.3. The van der Waals surface area contributed by atoms with E-state index in [1.807, 2.05) is 12.1 Å². The summed E-state index contributed by atoms with van der Waals surface area (Å²) in [5, 5.41) is 9.09. The summed E-state index contributed by atoms with van der Waals surface area (Å²) in [6.07, 6.45) is 0.805. The normalized spacial score (nSPS) is 15.9. The van der Waals surface area contributed by atoms with Crippen LogP contribution in [0.4, 0.5) is 5.69 Å². The van der Waals surface area contributed by atoms with Crippen LogP contribution in [0.2, 0.25) is 0 Å². The molecule has 1 unspecified atom stereocenters. The Hall–Kier alpha value is -2.67. The van der Waals surface area contributed by atoms with Crippen LogP contribution in [-0.2, 0) is 6.42 Å². The van der Waals surface area contributed by atoms with Crippen LogP contribution in [-0.4, -0.2) is 12.7 Å². The quantitative estimate of drug-likeness (QED) is 0.878. The number of nitrogens with two attached hydrogens (primary N) is 1. The number of fused-ring (bicyclic) bond motifs is 1. The third kappa shape index (κ3) is 2.77. The molecule has 1 heterocycles. The lowest BCUT2D eigenvalue weighted by atomic mass is 10.1. The van der Waals surface area contributed by atoms with Crippen molar-refractivity contribution >= 4 is 5.69 Å². The third-order valence-corrected chi connectivity index (χ3v) is 3.51. The Balaban J connectivity index is 1.67. The van der Waals surface area contributed by atoms with E-state index in [1.54, 1.807) is 18.2 Å². The summed E-state index contributed by atoms with van der Waals surface area (Å²) in [6.45, 7) is 2.48. The molecule has 0 bridgehead atoms. The molecule has 0 spiro atoms. The van der Waals surface area contributed by atoms with Crippen LogP contribution in [0.3, 0.4) is 0 Å². The molecule has 0 fully saturated rings. The predicted octanol–water partition coefficient (Wildman–Crippen LogP) is 2.83. The smallest absolute Gasteiger partial charge is 0.137 e. The molecule has 2 aromatic rings. The molecule has 1 atom stereocenters. The van der Waals surface area contributed by atoms with Gasteiger partial charge in [-0.3, -0.25) is 0 Å². The lowest BCUT2D eigenvalue weighted by molar-refractivity contribution is 0.148. The molecular weight excluding hydrogens is 264 g/mol. The number of aryl methyl sites for hydroxylation is 1. The lowest BCUT2D eigenvalue weighted by Gasteiger charge is -2.13. The van der Waals surface area contributed by atoms with Gasteiger partial charge in [-0.05, 0) is 36.8 Å². The average Bonchev–Trinajstić information content (AvgIpc) is 2.87. The van der Waals surface area contributed by atoms with Crippen LogP contribution < -0.4 is 15.2 Å². The van der Waals surface area contributed by atoms with Gasteiger partial charge >= 0.3 is 0 Å². The molecule has 4 heteroatoms. The van der Waals surface area contributed by atoms with Crippen molar-refractivity contribution in [2.24, 2.45) is 0 Å². The van der Waals surface area contributed by atoms with Crippen molar-refractivity contribution in [1.82, 2.24) is 0 Å². The first-order chi connectivity index (χ1) is 10.2. The van der Waals surface area contributed by atoms with Crippen LogP contribution in [0.5, 0.6) is 11.5 Å². The number of rotatable bonds is 3. The van der Waals surface area contributed by atoms with Crippen molar-refractivity contribution in [1.29, 1.82) is 5.26 Å². The molecule has 0 aromatic heterocycles. The van der Waals surface area contributed by atoms with Gasteiger partial charge in [-0.2, -0.15) is 5.26 Å². The zero-order chi connectivity index (χ0) is 14.8. The molecule has 1 aliphatic heterocycles. The standard InChI is InChI=1S/C17H16N2O2/c1-11-2-4-17-12(6-11)8-15(21-17)10-20-16-5-3-14(19)7-13(16)9-18/h2-7,15H,8,10,19H2,1H3. The summed E-state index contributed by atoms with van der Waals surface area (Å²) >= 11 is 0. The van der Waals surface area contributed by atoms with Gasteiger partial charge in [0, 0.05) is 12.1 Å². The van der Waals surface area contributed by atoms with Crippen LogP contribution in [0.15, 0.2) is 36.4 Å². The number of hydrogen-bond acceptors (Lipinski definition) is 4. The maximum absolute atomic E-state index is 9.09. The monoisotopic (exact) mass is 280 g/mol. The maximum atomic E-state index is 9.09. The van der Waals surface area contributed by atoms with E-state index in [1.165, 1.54) is 11.1 Å². The summed E-state index contributed by atoms with van der Waals surface area (Å²) in [7, 11) is 0. The van der Waals surface area contributed by atoms with Crippen molar-refractivity contribution in [3.05, 3.63) is 53.1 Å². The second-order valence-corrected chi connectivity index (χ2v) is 5.23. The minimum atomic E-state index is -0.0223. The molecule has 3 rings (SSSR count). The zero-order valence-corrected chi connectivity index (χ0v) is 11.8. The molecule has 4 nitrogen and oxygen atoms in total. The van der Waals surface area contributed by atoms with Gasteiger partial charge in [0.15, 0.2) is 0 Å². The number of ether oxygens (including phenoxy) is 2. The Kier molecular flexibility index (Phi) is 3.41. The van der Waals surface area contributed by atoms with Gasteiger partial charge in [0.2, 0.25) is 0 Å². The third-order valence-electron chi connectivity index (χ3n) is 3.51. The highest BCUT2D eigenvalue weighted by Crippen LogP contribution is 2.30. The van der Waals surface area contributed by atoms with Crippen molar-refractivity contribution in [2.45, 2.75) is 19.4 Å². The van der Waals surface area contributed by atoms with Crippen molar-refractivity contribution in [3.63, 3.8) is 0 Å². The number of hydrogen-bond donors (Lipinski definition) is 1. The van der Waals surface area contributed by atoms with Gasteiger partial charge < -0.3 is 15.2 Å². The van der Waals surface area contributed by atoms with E-state index >= 15 is 0 Å². The van der Waals surface area contributed by atoms with E-state index in [0.717, 1.165) is 12.2 Å². The second-order valence-electron chi connectivity index (χ2n) is 5.23. The van der Waals surface area contributed by atoms with E-state index in [2.05, 4.69) is 19.1 Å². The van der Waals surface area contributed by atoms with Crippen molar-refractivity contribution in [3.8, 4) is 17.6 Å². The molecule has 0 saturated heterocycles. The SMILES string of the molecule is Cc1ccc2c(c1)CC(COc1ccc(N)cc1C#N)O2. The molecular formula is C17H16N2O2. The Morgan fingerprint density at radius 1 is 1.33 bits per heavy atom. The van der Waals surface area contributed by atoms with Crippen LogP contribution >= 0.6 is 0 Å². The number of benzene rings is 2. The second kappa shape index (κ2) is 5.37. The minimum absolute atomic E-state index is 0.0223. The Labute approximate surface area is 123 Å². The minimum Gasteiger partial charge on any atom is -0.488 e. The van der Waals surface area contributed by atoms with Gasteiger partial charge in [0.05, 0.1) is 5.56 Å². The summed E-state index contributed by atoms with van der Waals surface area (Å²) in [6, 6.07) is 13.3. The fraction of sp³-hybridized carbons (Fsp3) is 0.235. The summed E-state index contributed by atoms with van der Waals surface area (Å²) in [5.41, 5.74) is 9.10. The molecule has 0 aliphatic carbocycles. The zero-order valence-electron chi connectivity index (χ0n) is 11.8. The first-order valence-electron chi connectivity index (χ1n) is 6.84. The Morgan fingerprint density at radius 3 is 3.00 bits per heavy atom. The highest BCUT2D eigenvalue weighted by Gasteiger charge is 2.23. The maximum Gasteiger partial charge on any atom is 0.137 e. The van der Waals surface area contributed by atoms with Gasteiger partial charge in [0.25, 0.3) is 0 Å². The average molecular weight is 280 g/mol. The van der Waals surface area contributed by atoms with Gasteiger partial charge in [-0.1, -0.05) is 17.7 Å². The van der Waals surface area contributed by atoms with E-state index in [-0.39, 0.29) is 6.10 Å². The fourth-order valence-corrected chi connectivity index (χ4v) is 2.49. The summed E-state index contributed by atoms with van der Waals surface area (Å²) in [5.74, 6) is 1.47. The molecule has 0 amide bonds. The number of nitrogen functional groups attached to an aromatic ring is 1. The largest absolute Gasteiger partial charge is 0.488 e. The van der Waals surface area contributed by atoms with Crippen molar-refractivity contribution in [2.75, 3.05) is 12.3 Å². The molecule has 2 aromatic carbocycles. The Morgan fingerprint density at radius 2 is 2.19 bits per heavy atom. The molecule has 1 aliphatic rings. The summed E-state index contributed by atoms with van der Waals surface area (Å²) in [4.78, 5) is 0. The molecule has 106 valence electrons. The van der Waals surface area contributed by atoms with E-state index < -0.39 is 0 Å². The highest BCUT2D eigenvalue weighted by molar-refractivity contribution is 5.53. The highest BCUT2D eigenvalue weighted by atomic mass is 16.5. The summed E-state index contributed by atoms with van der Waals surface area (Å²) < 4.78 is 11.6. The molecule has 0 radical (unpaired) electrons. The van der Waals surface area contributed by atoms with Gasteiger partial charge in [-0.25, -0.2) is 0 Å². The number of nitriles is 1. The first-order valence-corrected chi connectivity index (χ1v) is 6.84. The van der Waals surface area contributed by atoms with Gasteiger partial charge in [-0.15, -0.1) is 0 Å². The van der Waals surface area contributed by atoms with Crippen molar-refractivity contribution < 1.29 is 9.47 Å². The van der Waals surface area contributed by atoms with Gasteiger partial charge in [0.1, 0.15) is 30.3 Å². The number of nitrogens with zero attached hydrogens (tertiary/aromatic N) is 1. The molecule has 0 saturated carbocycles. The topological polar surface area (TPSA) is 68.3 Å². The Bertz CT molecular complexity index is 719.